The number of amides is 2. The summed E-state index contributed by atoms with van der Waals surface area (Å²) in [4.78, 5) is 38.6. The van der Waals surface area contributed by atoms with Gasteiger partial charge in [0.1, 0.15) is 12.1 Å². The number of piperidine rings is 1. The van der Waals surface area contributed by atoms with Gasteiger partial charge in [-0.3, -0.25) is 9.69 Å². The molecule has 0 bridgehead atoms. The number of hydrogen-bond acceptors (Lipinski definition) is 5. The molecule has 1 atom stereocenters. The number of carbonyl (C=O) groups is 2. The molecule has 5 rings (SSSR count). The van der Waals surface area contributed by atoms with Gasteiger partial charge in [0.2, 0.25) is 0 Å². The van der Waals surface area contributed by atoms with Crippen molar-refractivity contribution < 1.29 is 19.1 Å². The highest BCUT2D eigenvalue weighted by atomic mass is 19.1. The van der Waals surface area contributed by atoms with Crippen molar-refractivity contribution in [2.75, 3.05) is 39.3 Å². The van der Waals surface area contributed by atoms with E-state index in [1.807, 2.05) is 26.1 Å². The van der Waals surface area contributed by atoms with Gasteiger partial charge in [0.15, 0.2) is 0 Å². The Bertz CT molecular complexity index is 1190. The van der Waals surface area contributed by atoms with E-state index in [4.69, 9.17) is 0 Å². The predicted molar refractivity (Wildman–Crippen MR) is 132 cm³/mol. The third kappa shape index (κ3) is 4.59. The molecule has 3 aliphatic rings. The first-order valence-corrected chi connectivity index (χ1v) is 12.5. The fourth-order valence-corrected chi connectivity index (χ4v) is 6.05. The zero-order valence-electron chi connectivity index (χ0n) is 20.8. The smallest absolute Gasteiger partial charge is 0.407 e. The van der Waals surface area contributed by atoms with Gasteiger partial charge in [-0.25, -0.2) is 19.2 Å². The first kappa shape index (κ1) is 24.4. The molecule has 2 aromatic rings. The van der Waals surface area contributed by atoms with Crippen LogP contribution >= 0.6 is 0 Å². The van der Waals surface area contributed by atoms with Crippen LogP contribution in [0.25, 0.3) is 0 Å². The molecule has 0 spiro atoms. The lowest BCUT2D eigenvalue weighted by atomic mass is 9.70. The number of aromatic nitrogens is 2. The normalized spacial score (nSPS) is 21.4. The molecule has 1 aromatic heterocycles. The summed E-state index contributed by atoms with van der Waals surface area (Å²) in [5.74, 6) is -0.0000785. The Morgan fingerprint density at radius 1 is 1.14 bits per heavy atom. The maximum Gasteiger partial charge on any atom is 0.407 e. The van der Waals surface area contributed by atoms with Gasteiger partial charge in [0.05, 0.1) is 17.0 Å². The highest BCUT2D eigenvalue weighted by Crippen LogP contribution is 2.40. The number of benzene rings is 1. The van der Waals surface area contributed by atoms with Gasteiger partial charge in [-0.2, -0.15) is 0 Å². The van der Waals surface area contributed by atoms with Crippen LogP contribution in [0.2, 0.25) is 0 Å². The van der Waals surface area contributed by atoms with Crippen LogP contribution in [-0.2, 0) is 5.41 Å². The van der Waals surface area contributed by atoms with Crippen LogP contribution in [0.4, 0.5) is 9.18 Å². The van der Waals surface area contributed by atoms with Gasteiger partial charge in [-0.15, -0.1) is 0 Å². The molecule has 1 aromatic carbocycles. The minimum absolute atomic E-state index is 0.0469. The average Bonchev–Trinajstić information content (AvgIpc) is 3.42. The van der Waals surface area contributed by atoms with Crippen LogP contribution in [-0.4, -0.2) is 81.0 Å². The van der Waals surface area contributed by atoms with Gasteiger partial charge in [0, 0.05) is 44.8 Å². The number of halogens is 1. The molecule has 36 heavy (non-hydrogen) atoms. The molecule has 8 nitrogen and oxygen atoms in total. The van der Waals surface area contributed by atoms with Gasteiger partial charge in [-0.1, -0.05) is 12.1 Å². The largest absolute Gasteiger partial charge is 0.465 e. The Morgan fingerprint density at radius 3 is 2.50 bits per heavy atom. The van der Waals surface area contributed by atoms with Gasteiger partial charge < -0.3 is 14.9 Å². The molecule has 0 aliphatic carbocycles. The Kier molecular flexibility index (Phi) is 6.51. The fraction of sp³-hybridized carbons (Fsp3) is 0.481. The molecular weight excluding hydrogens is 461 g/mol. The van der Waals surface area contributed by atoms with Crippen molar-refractivity contribution in [2.24, 2.45) is 5.92 Å². The Balaban J connectivity index is 1.26. The van der Waals surface area contributed by atoms with Crippen LogP contribution in [0.5, 0.6) is 0 Å². The van der Waals surface area contributed by atoms with Crippen molar-refractivity contribution >= 4 is 12.0 Å². The lowest BCUT2D eigenvalue weighted by Crippen LogP contribution is -2.46. The average molecular weight is 494 g/mol. The van der Waals surface area contributed by atoms with Crippen LogP contribution < -0.4 is 0 Å². The van der Waals surface area contributed by atoms with Crippen LogP contribution in [0, 0.1) is 25.6 Å². The summed E-state index contributed by atoms with van der Waals surface area (Å²) >= 11 is 0. The van der Waals surface area contributed by atoms with Crippen molar-refractivity contribution in [2.45, 2.75) is 38.5 Å². The van der Waals surface area contributed by atoms with E-state index >= 15 is 0 Å². The molecule has 1 N–H and O–H groups in total. The number of rotatable bonds is 5. The second-order valence-electron chi connectivity index (χ2n) is 10.3. The number of nitrogens with zero attached hydrogens (tertiary/aromatic N) is 5. The molecule has 9 heteroatoms. The first-order chi connectivity index (χ1) is 17.3. The maximum atomic E-state index is 14.1. The van der Waals surface area contributed by atoms with E-state index in [-0.39, 0.29) is 17.1 Å². The summed E-state index contributed by atoms with van der Waals surface area (Å²) in [6.07, 6.45) is 4.79. The third-order valence-electron chi connectivity index (χ3n) is 8.18. The van der Waals surface area contributed by atoms with Crippen LogP contribution in [0.1, 0.15) is 46.6 Å². The number of fused-ring (bicyclic) bond motifs is 1. The van der Waals surface area contributed by atoms with E-state index < -0.39 is 6.09 Å². The van der Waals surface area contributed by atoms with E-state index in [1.165, 1.54) is 22.9 Å². The topological polar surface area (TPSA) is 89.9 Å². The summed E-state index contributed by atoms with van der Waals surface area (Å²) in [5.41, 5.74) is 3.94. The van der Waals surface area contributed by atoms with Crippen molar-refractivity contribution in [3.8, 4) is 0 Å². The number of likely N-dealkylation sites (tertiary alicyclic amines) is 2. The SMILES string of the molecule is Cc1ncnc(C)c1C(=O)N1C=C2CN(CCC3(c4cccc(F)c4)CCN(C(=O)O)CC3)CC2C1. The lowest BCUT2D eigenvalue weighted by Gasteiger charge is -2.42. The summed E-state index contributed by atoms with van der Waals surface area (Å²) in [7, 11) is 0. The van der Waals surface area contributed by atoms with E-state index in [0.29, 0.717) is 55.3 Å². The molecule has 2 fully saturated rings. The summed E-state index contributed by atoms with van der Waals surface area (Å²) in [6, 6.07) is 6.78. The van der Waals surface area contributed by atoms with Crippen LogP contribution in [0.3, 0.4) is 0 Å². The number of carboxylic acid groups (broad SMARTS) is 1. The highest BCUT2D eigenvalue weighted by Gasteiger charge is 2.40. The van der Waals surface area contributed by atoms with Crippen LogP contribution in [0.15, 0.2) is 42.4 Å². The van der Waals surface area contributed by atoms with Crippen molar-refractivity contribution in [1.29, 1.82) is 0 Å². The van der Waals surface area contributed by atoms with E-state index in [1.54, 1.807) is 17.0 Å². The molecule has 0 radical (unpaired) electrons. The zero-order valence-corrected chi connectivity index (χ0v) is 20.8. The van der Waals surface area contributed by atoms with Crippen molar-refractivity contribution in [3.05, 3.63) is 70.7 Å². The second-order valence-corrected chi connectivity index (χ2v) is 10.3. The maximum absolute atomic E-state index is 14.1. The summed E-state index contributed by atoms with van der Waals surface area (Å²) < 4.78 is 14.1. The van der Waals surface area contributed by atoms with E-state index in [2.05, 4.69) is 14.9 Å². The predicted octanol–water partition coefficient (Wildman–Crippen LogP) is 3.61. The number of hydrogen-bond donors (Lipinski definition) is 1. The minimum atomic E-state index is -0.895. The fourth-order valence-electron chi connectivity index (χ4n) is 6.05. The first-order valence-electron chi connectivity index (χ1n) is 12.5. The van der Waals surface area contributed by atoms with Gasteiger partial charge in [-0.05, 0) is 68.3 Å². The highest BCUT2D eigenvalue weighted by molar-refractivity contribution is 5.97. The molecular formula is C27H32FN5O3. The number of carbonyl (C=O) groups excluding carboxylic acids is 1. The molecule has 190 valence electrons. The monoisotopic (exact) mass is 493 g/mol. The lowest BCUT2D eigenvalue weighted by molar-refractivity contribution is 0.0817. The molecule has 1 unspecified atom stereocenters. The summed E-state index contributed by atoms with van der Waals surface area (Å²) in [6.45, 7) is 7.76. The third-order valence-corrected chi connectivity index (χ3v) is 8.18. The van der Waals surface area contributed by atoms with E-state index in [0.717, 1.165) is 31.6 Å². The minimum Gasteiger partial charge on any atom is -0.465 e. The van der Waals surface area contributed by atoms with Crippen molar-refractivity contribution in [1.82, 2.24) is 24.7 Å². The standard InChI is InChI=1S/C27H32FN5O3/c1-18-24(19(2)30-17-29-18)25(34)33-15-20-13-31(14-21(20)16-33)9-6-27(22-4-3-5-23(28)12-22)7-10-32(11-8-27)26(35)36/h3-5,12,15,17,21H,6-11,13-14,16H2,1-2H3,(H,35,36). The van der Waals surface area contributed by atoms with Gasteiger partial charge >= 0.3 is 6.09 Å². The Labute approximate surface area is 210 Å². The Morgan fingerprint density at radius 2 is 1.86 bits per heavy atom. The second kappa shape index (κ2) is 9.61. The van der Waals surface area contributed by atoms with Gasteiger partial charge in [0.25, 0.3) is 5.91 Å². The molecule has 0 saturated carbocycles. The zero-order chi connectivity index (χ0) is 25.4. The molecule has 3 aliphatic heterocycles. The van der Waals surface area contributed by atoms with Crippen molar-refractivity contribution in [3.63, 3.8) is 0 Å². The molecule has 2 saturated heterocycles. The number of aryl methyl sites for hydroxylation is 2. The molecule has 4 heterocycles. The summed E-state index contributed by atoms with van der Waals surface area (Å²) in [5, 5.41) is 9.40. The molecule has 2 amide bonds. The Hall–Kier alpha value is -3.33. The quantitative estimate of drug-likeness (QED) is 0.685. The van der Waals surface area contributed by atoms with E-state index in [9.17, 15) is 19.1 Å².